The molecule has 0 saturated heterocycles. The second-order valence-corrected chi connectivity index (χ2v) is 5.20. The molecule has 100 valence electrons. The third kappa shape index (κ3) is 2.14. The van der Waals surface area contributed by atoms with Gasteiger partial charge in [0, 0.05) is 5.56 Å². The first kappa shape index (κ1) is 12.7. The Hall–Kier alpha value is -2.35. The van der Waals surface area contributed by atoms with Crippen molar-refractivity contribution in [3.63, 3.8) is 0 Å². The summed E-state index contributed by atoms with van der Waals surface area (Å²) in [7, 11) is 0. The zero-order valence-electron chi connectivity index (χ0n) is 11.7. The quantitative estimate of drug-likeness (QED) is 0.760. The topological polar surface area (TPSA) is 20.3 Å². The van der Waals surface area contributed by atoms with E-state index in [1.165, 1.54) is 5.56 Å². The molecule has 0 radical (unpaired) electrons. The van der Waals surface area contributed by atoms with Crippen molar-refractivity contribution < 1.29 is 4.79 Å². The standard InChI is InChI=1S/C18H17NO/c1-13-8-11-17-16(12-13)10-9-14(2)19(17)18(20)15-6-4-3-5-7-15/h3-12,14H,1-2H3/t14-/m0/s1. The van der Waals surface area contributed by atoms with E-state index in [1.54, 1.807) is 0 Å². The highest BCUT2D eigenvalue weighted by Crippen LogP contribution is 2.31. The minimum absolute atomic E-state index is 0.0487. The lowest BCUT2D eigenvalue weighted by molar-refractivity contribution is 0.0982. The van der Waals surface area contributed by atoms with E-state index in [0.29, 0.717) is 0 Å². The molecule has 0 spiro atoms. The molecular formula is C18H17NO. The first-order chi connectivity index (χ1) is 9.66. The van der Waals surface area contributed by atoms with Gasteiger partial charge in [-0.15, -0.1) is 0 Å². The van der Waals surface area contributed by atoms with Gasteiger partial charge in [-0.25, -0.2) is 0 Å². The Morgan fingerprint density at radius 2 is 1.85 bits per heavy atom. The fourth-order valence-electron chi connectivity index (χ4n) is 2.59. The van der Waals surface area contributed by atoms with Crippen molar-refractivity contribution in [2.45, 2.75) is 19.9 Å². The van der Waals surface area contributed by atoms with Crippen LogP contribution < -0.4 is 4.90 Å². The zero-order valence-corrected chi connectivity index (χ0v) is 11.7. The van der Waals surface area contributed by atoms with Gasteiger partial charge in [-0.3, -0.25) is 4.79 Å². The van der Waals surface area contributed by atoms with Gasteiger partial charge in [0.1, 0.15) is 0 Å². The van der Waals surface area contributed by atoms with E-state index in [-0.39, 0.29) is 11.9 Å². The van der Waals surface area contributed by atoms with Crippen molar-refractivity contribution in [3.8, 4) is 0 Å². The van der Waals surface area contributed by atoms with Crippen LogP contribution in [0, 0.1) is 6.92 Å². The minimum atomic E-state index is 0.0487. The number of amides is 1. The predicted molar refractivity (Wildman–Crippen MR) is 82.9 cm³/mol. The molecule has 2 heteroatoms. The number of hydrogen-bond acceptors (Lipinski definition) is 1. The molecule has 0 fully saturated rings. The summed E-state index contributed by atoms with van der Waals surface area (Å²) < 4.78 is 0. The lowest BCUT2D eigenvalue weighted by atomic mass is 10.0. The molecule has 0 bridgehead atoms. The summed E-state index contributed by atoms with van der Waals surface area (Å²) in [4.78, 5) is 14.6. The van der Waals surface area contributed by atoms with Gasteiger partial charge < -0.3 is 4.90 Å². The molecule has 1 aliphatic heterocycles. The summed E-state index contributed by atoms with van der Waals surface area (Å²) in [5.41, 5.74) is 4.02. The largest absolute Gasteiger partial charge is 0.301 e. The van der Waals surface area contributed by atoms with Crippen LogP contribution in [0.4, 0.5) is 5.69 Å². The summed E-state index contributed by atoms with van der Waals surface area (Å²) in [5.74, 6) is 0.0487. The smallest absolute Gasteiger partial charge is 0.258 e. The maximum absolute atomic E-state index is 12.7. The number of hydrogen-bond donors (Lipinski definition) is 0. The highest BCUT2D eigenvalue weighted by molar-refractivity contribution is 6.08. The molecule has 2 nitrogen and oxygen atoms in total. The zero-order chi connectivity index (χ0) is 14.1. The molecule has 2 aromatic carbocycles. The third-order valence-corrected chi connectivity index (χ3v) is 3.64. The highest BCUT2D eigenvalue weighted by atomic mass is 16.2. The number of benzene rings is 2. The van der Waals surface area contributed by atoms with Gasteiger partial charge in [0.05, 0.1) is 11.7 Å². The Bertz CT molecular complexity index is 673. The molecule has 0 saturated carbocycles. The van der Waals surface area contributed by atoms with Gasteiger partial charge in [0.25, 0.3) is 5.91 Å². The van der Waals surface area contributed by atoms with Crippen molar-refractivity contribution in [1.82, 2.24) is 0 Å². The molecule has 0 unspecified atom stereocenters. The van der Waals surface area contributed by atoms with E-state index in [4.69, 9.17) is 0 Å². The molecular weight excluding hydrogens is 246 g/mol. The van der Waals surface area contributed by atoms with Gasteiger partial charge in [0.15, 0.2) is 0 Å². The predicted octanol–water partition coefficient (Wildman–Crippen LogP) is 4.06. The average Bonchev–Trinajstić information content (AvgIpc) is 2.48. The average molecular weight is 263 g/mol. The molecule has 1 amide bonds. The third-order valence-electron chi connectivity index (χ3n) is 3.64. The molecule has 1 aliphatic rings. The van der Waals surface area contributed by atoms with E-state index in [9.17, 15) is 4.79 Å². The second kappa shape index (κ2) is 4.97. The maximum Gasteiger partial charge on any atom is 0.258 e. The molecule has 20 heavy (non-hydrogen) atoms. The van der Waals surface area contributed by atoms with Crippen LogP contribution in [0.3, 0.4) is 0 Å². The Kier molecular flexibility index (Phi) is 3.15. The Balaban J connectivity index is 2.06. The first-order valence-electron chi connectivity index (χ1n) is 6.84. The molecule has 0 N–H and O–H groups in total. The van der Waals surface area contributed by atoms with Crippen LogP contribution >= 0.6 is 0 Å². The van der Waals surface area contributed by atoms with Crippen molar-refractivity contribution in [2.24, 2.45) is 0 Å². The van der Waals surface area contributed by atoms with Gasteiger partial charge in [0.2, 0.25) is 0 Å². The van der Waals surface area contributed by atoms with Crippen molar-refractivity contribution >= 4 is 17.7 Å². The van der Waals surface area contributed by atoms with Gasteiger partial charge >= 0.3 is 0 Å². The van der Waals surface area contributed by atoms with Crippen molar-refractivity contribution in [1.29, 1.82) is 0 Å². The van der Waals surface area contributed by atoms with Crippen LogP contribution in [0.25, 0.3) is 6.08 Å². The maximum atomic E-state index is 12.7. The lowest BCUT2D eigenvalue weighted by Gasteiger charge is -2.32. The molecule has 0 aliphatic carbocycles. The van der Waals surface area contributed by atoms with Crippen LogP contribution in [0.2, 0.25) is 0 Å². The SMILES string of the molecule is Cc1ccc2c(c1)C=C[C@H](C)N2C(=O)c1ccccc1. The Labute approximate surface area is 119 Å². The lowest BCUT2D eigenvalue weighted by Crippen LogP contribution is -2.39. The van der Waals surface area contributed by atoms with E-state index >= 15 is 0 Å². The van der Waals surface area contributed by atoms with Crippen LogP contribution in [-0.4, -0.2) is 11.9 Å². The number of rotatable bonds is 1. The number of fused-ring (bicyclic) bond motifs is 1. The molecule has 2 aromatic rings. The second-order valence-electron chi connectivity index (χ2n) is 5.20. The van der Waals surface area contributed by atoms with Crippen LogP contribution in [0.5, 0.6) is 0 Å². The van der Waals surface area contributed by atoms with Crippen LogP contribution in [-0.2, 0) is 0 Å². The number of carbonyl (C=O) groups is 1. The fraction of sp³-hybridized carbons (Fsp3) is 0.167. The van der Waals surface area contributed by atoms with Gasteiger partial charge in [-0.2, -0.15) is 0 Å². The monoisotopic (exact) mass is 263 g/mol. The highest BCUT2D eigenvalue weighted by Gasteiger charge is 2.25. The summed E-state index contributed by atoms with van der Waals surface area (Å²) in [5, 5.41) is 0. The number of anilines is 1. The van der Waals surface area contributed by atoms with E-state index in [0.717, 1.165) is 16.8 Å². The summed E-state index contributed by atoms with van der Waals surface area (Å²) >= 11 is 0. The minimum Gasteiger partial charge on any atom is -0.301 e. The summed E-state index contributed by atoms with van der Waals surface area (Å²) in [6.07, 6.45) is 4.17. The first-order valence-corrected chi connectivity index (χ1v) is 6.84. The van der Waals surface area contributed by atoms with Crippen LogP contribution in [0.1, 0.15) is 28.4 Å². The van der Waals surface area contributed by atoms with E-state index < -0.39 is 0 Å². The fourth-order valence-corrected chi connectivity index (χ4v) is 2.59. The normalized spacial score (nSPS) is 16.9. The van der Waals surface area contributed by atoms with Crippen molar-refractivity contribution in [2.75, 3.05) is 4.90 Å². The molecule has 0 aromatic heterocycles. The summed E-state index contributed by atoms with van der Waals surface area (Å²) in [6, 6.07) is 15.7. The van der Waals surface area contributed by atoms with E-state index in [2.05, 4.69) is 31.2 Å². The molecule has 3 rings (SSSR count). The number of aryl methyl sites for hydroxylation is 1. The number of carbonyl (C=O) groups excluding carboxylic acids is 1. The molecule has 1 atom stereocenters. The van der Waals surface area contributed by atoms with Gasteiger partial charge in [-0.1, -0.05) is 42.0 Å². The Morgan fingerprint density at radius 3 is 2.60 bits per heavy atom. The van der Waals surface area contributed by atoms with E-state index in [1.807, 2.05) is 48.2 Å². The van der Waals surface area contributed by atoms with Gasteiger partial charge in [-0.05, 0) is 43.7 Å². The van der Waals surface area contributed by atoms with Crippen LogP contribution in [0.15, 0.2) is 54.6 Å². The van der Waals surface area contributed by atoms with Crippen molar-refractivity contribution in [3.05, 3.63) is 71.3 Å². The number of nitrogens with zero attached hydrogens (tertiary/aromatic N) is 1. The molecule has 1 heterocycles. The summed E-state index contributed by atoms with van der Waals surface area (Å²) in [6.45, 7) is 4.11. The Morgan fingerprint density at radius 1 is 1.10 bits per heavy atom.